The topological polar surface area (TPSA) is 17.1 Å². The Morgan fingerprint density at radius 2 is 1.86 bits per heavy atom. The van der Waals surface area contributed by atoms with Crippen molar-refractivity contribution in [3.8, 4) is 0 Å². The van der Waals surface area contributed by atoms with Crippen molar-refractivity contribution in [3.63, 3.8) is 0 Å². The van der Waals surface area contributed by atoms with Crippen LogP contribution in [0.15, 0.2) is 29.5 Å². The Hall–Kier alpha value is -1.07. The molecule has 0 aliphatic carbocycles. The Morgan fingerprint density at radius 1 is 1.36 bits per heavy atom. The molecule has 0 saturated carbocycles. The molecule has 1 heteroatoms. The third-order valence-corrected chi connectivity index (χ3v) is 1.90. The lowest BCUT2D eigenvalue weighted by Gasteiger charge is -2.17. The highest BCUT2D eigenvalue weighted by Gasteiger charge is 2.23. The molecule has 1 nitrogen and oxygen atoms in total. The summed E-state index contributed by atoms with van der Waals surface area (Å²) in [4.78, 5) is 11.7. The standard InChI is InChI=1S/C13H20O/c1-10(2)7-8-13(5,6)12(14)9-11(3)4/h8H,3,9H2,1-2,4-6H3. The monoisotopic (exact) mass is 192 g/mol. The van der Waals surface area contributed by atoms with Crippen LogP contribution in [-0.2, 0) is 4.79 Å². The van der Waals surface area contributed by atoms with Crippen LogP contribution in [0.5, 0.6) is 0 Å². The van der Waals surface area contributed by atoms with Gasteiger partial charge in [-0.25, -0.2) is 0 Å². The molecule has 0 aromatic heterocycles. The molecule has 0 aliphatic heterocycles. The molecule has 0 aromatic rings. The van der Waals surface area contributed by atoms with E-state index < -0.39 is 5.41 Å². The van der Waals surface area contributed by atoms with Crippen LogP contribution in [0, 0.1) is 5.41 Å². The van der Waals surface area contributed by atoms with Crippen LogP contribution >= 0.6 is 0 Å². The van der Waals surface area contributed by atoms with Gasteiger partial charge >= 0.3 is 0 Å². The zero-order valence-electron chi connectivity index (χ0n) is 9.90. The lowest BCUT2D eigenvalue weighted by molar-refractivity contribution is -0.124. The second-order valence-corrected chi connectivity index (χ2v) is 4.57. The summed E-state index contributed by atoms with van der Waals surface area (Å²) in [7, 11) is 0. The number of allylic oxidation sites excluding steroid dienone is 2. The van der Waals surface area contributed by atoms with Crippen molar-refractivity contribution in [2.75, 3.05) is 0 Å². The minimum atomic E-state index is -0.434. The Kier molecular flexibility index (Phi) is 4.59. The molecular formula is C13H20O. The molecule has 0 spiro atoms. The van der Waals surface area contributed by atoms with Crippen LogP contribution < -0.4 is 0 Å². The third kappa shape index (κ3) is 4.84. The van der Waals surface area contributed by atoms with E-state index in [0.29, 0.717) is 6.42 Å². The lowest BCUT2D eigenvalue weighted by atomic mass is 9.85. The van der Waals surface area contributed by atoms with Crippen LogP contribution in [0.2, 0.25) is 0 Å². The molecule has 0 N–H and O–H groups in total. The van der Waals surface area contributed by atoms with Crippen molar-refractivity contribution < 1.29 is 4.79 Å². The summed E-state index contributed by atoms with van der Waals surface area (Å²) in [5.74, 6) is 0.193. The number of ketones is 1. The highest BCUT2D eigenvalue weighted by Crippen LogP contribution is 2.21. The van der Waals surface area contributed by atoms with Crippen LogP contribution in [0.1, 0.15) is 41.0 Å². The summed E-state index contributed by atoms with van der Waals surface area (Å²) in [5, 5.41) is 0. The van der Waals surface area contributed by atoms with E-state index in [0.717, 1.165) is 11.1 Å². The Bertz CT molecular complexity index is 295. The second kappa shape index (κ2) is 4.97. The molecule has 0 atom stereocenters. The van der Waals surface area contributed by atoms with Gasteiger partial charge in [-0.3, -0.25) is 4.79 Å². The van der Waals surface area contributed by atoms with Crippen molar-refractivity contribution in [1.82, 2.24) is 0 Å². The van der Waals surface area contributed by atoms with Crippen molar-refractivity contribution in [2.45, 2.75) is 41.0 Å². The molecule has 0 heterocycles. The molecule has 0 radical (unpaired) electrons. The highest BCUT2D eigenvalue weighted by atomic mass is 16.1. The van der Waals surface area contributed by atoms with Gasteiger partial charge in [-0.1, -0.05) is 12.2 Å². The number of carbonyl (C=O) groups excluding carboxylic acids is 1. The third-order valence-electron chi connectivity index (χ3n) is 1.90. The summed E-state index contributed by atoms with van der Waals surface area (Å²) >= 11 is 0. The zero-order valence-corrected chi connectivity index (χ0v) is 9.90. The molecule has 78 valence electrons. The van der Waals surface area contributed by atoms with Gasteiger partial charge in [0.1, 0.15) is 5.78 Å². The zero-order chi connectivity index (χ0) is 11.4. The first-order chi connectivity index (χ1) is 6.25. The van der Waals surface area contributed by atoms with Gasteiger partial charge in [0.25, 0.3) is 0 Å². The first-order valence-corrected chi connectivity index (χ1v) is 4.84. The number of hydrogen-bond acceptors (Lipinski definition) is 1. The fourth-order valence-electron chi connectivity index (χ4n) is 0.907. The van der Waals surface area contributed by atoms with Gasteiger partial charge in [0.2, 0.25) is 0 Å². The van der Waals surface area contributed by atoms with Gasteiger partial charge in [0, 0.05) is 11.8 Å². The predicted molar refractivity (Wildman–Crippen MR) is 61.2 cm³/mol. The Labute approximate surface area is 87.2 Å². The van der Waals surface area contributed by atoms with E-state index in [1.165, 1.54) is 0 Å². The second-order valence-electron chi connectivity index (χ2n) is 4.57. The molecule has 14 heavy (non-hydrogen) atoms. The SMILES string of the molecule is C=C(C)CC(=O)C(C)(C)C=C=C(C)C. The summed E-state index contributed by atoms with van der Waals surface area (Å²) in [6.07, 6.45) is 2.29. The van der Waals surface area contributed by atoms with Crippen molar-refractivity contribution in [3.05, 3.63) is 29.5 Å². The van der Waals surface area contributed by atoms with Gasteiger partial charge < -0.3 is 0 Å². The van der Waals surface area contributed by atoms with E-state index in [1.54, 1.807) is 0 Å². The number of Topliss-reactive ketones (excluding diaryl/α,β-unsaturated/α-hetero) is 1. The largest absolute Gasteiger partial charge is 0.298 e. The predicted octanol–water partition coefficient (Wildman–Crippen LogP) is 3.67. The summed E-state index contributed by atoms with van der Waals surface area (Å²) in [6.45, 7) is 13.4. The Balaban J connectivity index is 4.71. The van der Waals surface area contributed by atoms with Crippen molar-refractivity contribution >= 4 is 5.78 Å². The molecule has 0 aliphatic rings. The minimum Gasteiger partial charge on any atom is -0.298 e. The van der Waals surface area contributed by atoms with E-state index >= 15 is 0 Å². The number of rotatable bonds is 4. The maximum Gasteiger partial charge on any atom is 0.146 e. The fourth-order valence-corrected chi connectivity index (χ4v) is 0.907. The lowest BCUT2D eigenvalue weighted by Crippen LogP contribution is -2.21. The molecule has 0 rings (SSSR count). The van der Waals surface area contributed by atoms with Crippen LogP contribution in [0.25, 0.3) is 0 Å². The highest BCUT2D eigenvalue weighted by molar-refractivity contribution is 5.87. The van der Waals surface area contributed by atoms with Gasteiger partial charge in [0.05, 0.1) is 0 Å². The number of carbonyl (C=O) groups is 1. The van der Waals surface area contributed by atoms with E-state index in [2.05, 4.69) is 12.3 Å². The average Bonchev–Trinajstić information content (AvgIpc) is 1.99. The van der Waals surface area contributed by atoms with E-state index in [1.807, 2.05) is 40.7 Å². The van der Waals surface area contributed by atoms with Gasteiger partial charge in [0.15, 0.2) is 0 Å². The Morgan fingerprint density at radius 3 is 2.21 bits per heavy atom. The van der Waals surface area contributed by atoms with E-state index in [9.17, 15) is 4.79 Å². The molecule has 0 bridgehead atoms. The molecule has 0 saturated heterocycles. The fraction of sp³-hybridized carbons (Fsp3) is 0.538. The summed E-state index contributed by atoms with van der Waals surface area (Å²) in [5.41, 5.74) is 4.64. The smallest absolute Gasteiger partial charge is 0.146 e. The maximum absolute atomic E-state index is 11.7. The van der Waals surface area contributed by atoms with Crippen LogP contribution in [0.4, 0.5) is 0 Å². The molecule has 0 fully saturated rings. The number of hydrogen-bond donors (Lipinski definition) is 0. The van der Waals surface area contributed by atoms with Gasteiger partial charge in [-0.15, -0.1) is 5.73 Å². The first-order valence-electron chi connectivity index (χ1n) is 4.84. The molecule has 0 unspecified atom stereocenters. The molecule has 0 amide bonds. The van der Waals surface area contributed by atoms with E-state index in [4.69, 9.17) is 0 Å². The summed E-state index contributed by atoms with van der Waals surface area (Å²) < 4.78 is 0. The maximum atomic E-state index is 11.7. The van der Waals surface area contributed by atoms with Crippen molar-refractivity contribution in [1.29, 1.82) is 0 Å². The molecule has 0 aromatic carbocycles. The summed E-state index contributed by atoms with van der Waals surface area (Å²) in [6, 6.07) is 0. The van der Waals surface area contributed by atoms with Crippen LogP contribution in [-0.4, -0.2) is 5.78 Å². The molecular weight excluding hydrogens is 172 g/mol. The van der Waals surface area contributed by atoms with Gasteiger partial charge in [-0.2, -0.15) is 0 Å². The van der Waals surface area contributed by atoms with E-state index in [-0.39, 0.29) is 5.78 Å². The van der Waals surface area contributed by atoms with Crippen molar-refractivity contribution in [2.24, 2.45) is 5.41 Å². The average molecular weight is 192 g/mol. The normalized spacial score (nSPS) is 10.4. The quantitative estimate of drug-likeness (QED) is 0.490. The van der Waals surface area contributed by atoms with Gasteiger partial charge in [-0.05, 0) is 46.3 Å². The van der Waals surface area contributed by atoms with Crippen LogP contribution in [0.3, 0.4) is 0 Å². The minimum absolute atomic E-state index is 0.193. The first kappa shape index (κ1) is 12.9.